The van der Waals surface area contributed by atoms with E-state index in [2.05, 4.69) is 10.3 Å². The molecule has 1 aromatic heterocycles. The number of hydrogen-bond donors (Lipinski definition) is 2. The molecule has 21 heavy (non-hydrogen) atoms. The summed E-state index contributed by atoms with van der Waals surface area (Å²) in [6.45, 7) is 1.85. The molecular formula is C15H14N2O4. The summed E-state index contributed by atoms with van der Waals surface area (Å²) < 4.78 is 5.10. The Kier molecular flexibility index (Phi) is 4.18. The number of nitrogens with one attached hydrogen (secondary N) is 1. The summed E-state index contributed by atoms with van der Waals surface area (Å²) in [7, 11) is 1.57. The van der Waals surface area contributed by atoms with E-state index < -0.39 is 5.97 Å². The van der Waals surface area contributed by atoms with E-state index in [4.69, 9.17) is 9.84 Å². The van der Waals surface area contributed by atoms with Crippen molar-refractivity contribution in [3.8, 4) is 5.75 Å². The number of pyridine rings is 1. The van der Waals surface area contributed by atoms with E-state index in [1.165, 1.54) is 18.3 Å². The molecule has 0 saturated carbocycles. The molecule has 1 amide bonds. The summed E-state index contributed by atoms with van der Waals surface area (Å²) in [4.78, 5) is 26.5. The van der Waals surface area contributed by atoms with Gasteiger partial charge in [-0.25, -0.2) is 9.78 Å². The summed E-state index contributed by atoms with van der Waals surface area (Å²) in [6.07, 6.45) is 1.23. The highest BCUT2D eigenvalue weighted by Gasteiger charge is 2.10. The number of ether oxygens (including phenoxy) is 1. The van der Waals surface area contributed by atoms with Crippen LogP contribution in [0.25, 0.3) is 0 Å². The van der Waals surface area contributed by atoms with Gasteiger partial charge in [-0.2, -0.15) is 0 Å². The number of hydrogen-bond acceptors (Lipinski definition) is 4. The van der Waals surface area contributed by atoms with Gasteiger partial charge in [-0.3, -0.25) is 4.79 Å². The van der Waals surface area contributed by atoms with Gasteiger partial charge in [-0.1, -0.05) is 0 Å². The van der Waals surface area contributed by atoms with Crippen LogP contribution in [-0.2, 0) is 0 Å². The molecule has 108 valence electrons. The maximum absolute atomic E-state index is 12.1. The predicted molar refractivity (Wildman–Crippen MR) is 76.9 cm³/mol. The molecule has 1 heterocycles. The number of carbonyl (C=O) groups is 2. The van der Waals surface area contributed by atoms with E-state index >= 15 is 0 Å². The minimum Gasteiger partial charge on any atom is -0.497 e. The fourth-order valence-corrected chi connectivity index (χ4v) is 1.75. The van der Waals surface area contributed by atoms with Crippen molar-refractivity contribution < 1.29 is 19.4 Å². The van der Waals surface area contributed by atoms with Gasteiger partial charge in [0.15, 0.2) is 0 Å². The lowest BCUT2D eigenvalue weighted by atomic mass is 10.1. The fourth-order valence-electron chi connectivity index (χ4n) is 1.75. The van der Waals surface area contributed by atoms with Gasteiger partial charge in [0, 0.05) is 11.9 Å². The second-order valence-corrected chi connectivity index (χ2v) is 4.37. The van der Waals surface area contributed by atoms with Crippen LogP contribution in [0.3, 0.4) is 0 Å². The average Bonchev–Trinajstić information content (AvgIpc) is 2.49. The number of methoxy groups -OCH3 is 1. The first-order chi connectivity index (χ1) is 10.0. The molecule has 0 radical (unpaired) electrons. The van der Waals surface area contributed by atoms with Crippen molar-refractivity contribution in [3.63, 3.8) is 0 Å². The van der Waals surface area contributed by atoms with Crippen molar-refractivity contribution in [2.75, 3.05) is 12.4 Å². The maximum Gasteiger partial charge on any atom is 0.354 e. The molecule has 0 unspecified atom stereocenters. The zero-order chi connectivity index (χ0) is 15.4. The smallest absolute Gasteiger partial charge is 0.354 e. The van der Waals surface area contributed by atoms with Crippen LogP contribution in [0.4, 0.5) is 5.69 Å². The molecule has 0 saturated heterocycles. The van der Waals surface area contributed by atoms with Gasteiger partial charge in [0.1, 0.15) is 11.4 Å². The zero-order valence-corrected chi connectivity index (χ0v) is 11.6. The SMILES string of the molecule is COc1ccc(NC(=O)c2ccc(C(=O)O)nc2)c(C)c1. The Morgan fingerprint density at radius 1 is 1.24 bits per heavy atom. The molecule has 2 N–H and O–H groups in total. The highest BCUT2D eigenvalue weighted by molar-refractivity contribution is 6.04. The molecule has 0 spiro atoms. The zero-order valence-electron chi connectivity index (χ0n) is 11.6. The van der Waals surface area contributed by atoms with E-state index in [-0.39, 0.29) is 17.2 Å². The number of benzene rings is 1. The van der Waals surface area contributed by atoms with Crippen molar-refractivity contribution >= 4 is 17.6 Å². The Balaban J connectivity index is 2.16. The number of aromatic nitrogens is 1. The van der Waals surface area contributed by atoms with Crippen LogP contribution in [-0.4, -0.2) is 29.1 Å². The van der Waals surface area contributed by atoms with Crippen molar-refractivity contribution in [2.24, 2.45) is 0 Å². The van der Waals surface area contributed by atoms with Crippen molar-refractivity contribution in [1.82, 2.24) is 4.98 Å². The summed E-state index contributed by atoms with van der Waals surface area (Å²) in [5.74, 6) is -0.779. The third-order valence-corrected chi connectivity index (χ3v) is 2.93. The van der Waals surface area contributed by atoms with E-state index in [0.717, 1.165) is 5.56 Å². The second-order valence-electron chi connectivity index (χ2n) is 4.37. The van der Waals surface area contributed by atoms with Gasteiger partial charge in [0.25, 0.3) is 5.91 Å². The third-order valence-electron chi connectivity index (χ3n) is 2.93. The van der Waals surface area contributed by atoms with Gasteiger partial charge in [0.2, 0.25) is 0 Å². The number of rotatable bonds is 4. The van der Waals surface area contributed by atoms with Gasteiger partial charge < -0.3 is 15.2 Å². The highest BCUT2D eigenvalue weighted by Crippen LogP contribution is 2.21. The molecule has 0 atom stereocenters. The Labute approximate surface area is 121 Å². The highest BCUT2D eigenvalue weighted by atomic mass is 16.5. The Bertz CT molecular complexity index is 681. The number of aryl methyl sites for hydroxylation is 1. The lowest BCUT2D eigenvalue weighted by Crippen LogP contribution is -2.13. The Morgan fingerprint density at radius 3 is 2.52 bits per heavy atom. The second kappa shape index (κ2) is 6.04. The molecular weight excluding hydrogens is 272 g/mol. The quantitative estimate of drug-likeness (QED) is 0.900. The first-order valence-corrected chi connectivity index (χ1v) is 6.16. The molecule has 6 heteroatoms. The Hall–Kier alpha value is -2.89. The van der Waals surface area contributed by atoms with Gasteiger partial charge in [-0.15, -0.1) is 0 Å². The average molecular weight is 286 g/mol. The maximum atomic E-state index is 12.1. The van der Waals surface area contributed by atoms with Crippen molar-refractivity contribution in [1.29, 1.82) is 0 Å². The van der Waals surface area contributed by atoms with Crippen LogP contribution in [0, 0.1) is 6.92 Å². The molecule has 0 bridgehead atoms. The van der Waals surface area contributed by atoms with Crippen LogP contribution in [0.1, 0.15) is 26.4 Å². The number of amides is 1. The lowest BCUT2D eigenvalue weighted by molar-refractivity contribution is 0.0690. The topological polar surface area (TPSA) is 88.5 Å². The van der Waals surface area contributed by atoms with Crippen LogP contribution in [0.5, 0.6) is 5.75 Å². The molecule has 0 aliphatic heterocycles. The number of nitrogens with zero attached hydrogens (tertiary/aromatic N) is 1. The van der Waals surface area contributed by atoms with Gasteiger partial charge in [0.05, 0.1) is 12.7 Å². The van der Waals surface area contributed by atoms with Crippen LogP contribution in [0.2, 0.25) is 0 Å². The first-order valence-electron chi connectivity index (χ1n) is 6.16. The molecule has 1 aromatic carbocycles. The predicted octanol–water partition coefficient (Wildman–Crippen LogP) is 2.35. The summed E-state index contributed by atoms with van der Waals surface area (Å²) in [6, 6.07) is 8.00. The normalized spacial score (nSPS) is 10.0. The van der Waals surface area contributed by atoms with E-state index in [1.54, 1.807) is 25.3 Å². The minimum atomic E-state index is -1.13. The standard InChI is InChI=1S/C15H14N2O4/c1-9-7-11(21-2)4-6-12(9)17-14(18)10-3-5-13(15(19)20)16-8-10/h3-8H,1-2H3,(H,17,18)(H,19,20). The van der Waals surface area contributed by atoms with E-state index in [0.29, 0.717) is 11.4 Å². The number of carbonyl (C=O) groups excluding carboxylic acids is 1. The van der Waals surface area contributed by atoms with Crippen molar-refractivity contribution in [3.05, 3.63) is 53.3 Å². The van der Waals surface area contributed by atoms with Gasteiger partial charge in [-0.05, 0) is 42.8 Å². The van der Waals surface area contributed by atoms with E-state index in [9.17, 15) is 9.59 Å². The summed E-state index contributed by atoms with van der Waals surface area (Å²) >= 11 is 0. The molecule has 2 rings (SSSR count). The third kappa shape index (κ3) is 3.36. The molecule has 0 aliphatic carbocycles. The number of carboxylic acid groups (broad SMARTS) is 1. The molecule has 0 fully saturated rings. The molecule has 2 aromatic rings. The first kappa shape index (κ1) is 14.5. The van der Waals surface area contributed by atoms with Crippen LogP contribution >= 0.6 is 0 Å². The summed E-state index contributed by atoms with van der Waals surface area (Å²) in [5.41, 5.74) is 1.70. The van der Waals surface area contributed by atoms with Crippen molar-refractivity contribution in [2.45, 2.75) is 6.92 Å². The monoisotopic (exact) mass is 286 g/mol. The largest absolute Gasteiger partial charge is 0.497 e. The number of anilines is 1. The Morgan fingerprint density at radius 2 is 2.00 bits per heavy atom. The van der Waals surface area contributed by atoms with Crippen LogP contribution < -0.4 is 10.1 Å². The summed E-state index contributed by atoms with van der Waals surface area (Å²) in [5, 5.41) is 11.5. The molecule has 6 nitrogen and oxygen atoms in total. The fraction of sp³-hybridized carbons (Fsp3) is 0.133. The van der Waals surface area contributed by atoms with Crippen LogP contribution in [0.15, 0.2) is 36.5 Å². The minimum absolute atomic E-state index is 0.104. The van der Waals surface area contributed by atoms with E-state index in [1.807, 2.05) is 6.92 Å². The molecule has 0 aliphatic rings. The van der Waals surface area contributed by atoms with Gasteiger partial charge >= 0.3 is 5.97 Å². The number of carboxylic acids is 1. The lowest BCUT2D eigenvalue weighted by Gasteiger charge is -2.09. The number of aromatic carboxylic acids is 1.